The minimum absolute atomic E-state index is 0. The van der Waals surface area contributed by atoms with Gasteiger partial charge in [0.05, 0.1) is 0 Å². The fraction of sp³-hybridized carbons (Fsp3) is 0.400. The van der Waals surface area contributed by atoms with Crippen molar-refractivity contribution in [2.45, 2.75) is 27.7 Å². The molecule has 0 rings (SSSR count). The number of allylic oxidation sites excluding steroid dienone is 4. The molecule has 4 nitrogen and oxygen atoms in total. The molecule has 0 heterocycles. The Hall–Kier alpha value is -1.09. The fourth-order valence-electron chi connectivity index (χ4n) is 0.572. The van der Waals surface area contributed by atoms with Crippen LogP contribution in [0.1, 0.15) is 27.7 Å². The molecule has 0 bridgehead atoms. The van der Waals surface area contributed by atoms with E-state index >= 15 is 0 Å². The summed E-state index contributed by atoms with van der Waals surface area (Å²) in [6, 6.07) is 0. The van der Waals surface area contributed by atoms with Crippen LogP contribution in [0.2, 0.25) is 0 Å². The van der Waals surface area contributed by atoms with Gasteiger partial charge in [0.25, 0.3) is 0 Å². The number of rotatable bonds is 2. The van der Waals surface area contributed by atoms with Gasteiger partial charge in [-0.3, -0.25) is 9.59 Å². The van der Waals surface area contributed by atoms with E-state index in [0.29, 0.717) is 0 Å². The Bertz CT molecular complexity index is 231. The van der Waals surface area contributed by atoms with Gasteiger partial charge >= 0.3 is 16.5 Å². The van der Waals surface area contributed by atoms with Crippen LogP contribution in [0.25, 0.3) is 0 Å². The number of hydrogen-bond donors (Lipinski definition) is 0. The topological polar surface area (TPSA) is 80.3 Å². The third kappa shape index (κ3) is 32.2. The molecule has 15 heavy (non-hydrogen) atoms. The summed E-state index contributed by atoms with van der Waals surface area (Å²) >= 11 is 0. The molecule has 0 spiro atoms. The van der Waals surface area contributed by atoms with Crippen molar-refractivity contribution in [2.75, 3.05) is 0 Å². The van der Waals surface area contributed by atoms with Crippen LogP contribution in [0.15, 0.2) is 23.7 Å². The van der Waals surface area contributed by atoms with Crippen molar-refractivity contribution in [2.24, 2.45) is 0 Å². The Kier molecular flexibility index (Phi) is 14.3. The quantitative estimate of drug-likeness (QED) is 0.385. The van der Waals surface area contributed by atoms with Crippen LogP contribution >= 0.6 is 0 Å². The maximum absolute atomic E-state index is 9.98. The van der Waals surface area contributed by atoms with Gasteiger partial charge < -0.3 is 10.2 Å². The monoisotopic (exact) mass is 256 g/mol. The second-order valence-electron chi connectivity index (χ2n) is 2.73. The molecular formula is C10H14NiO4. The summed E-state index contributed by atoms with van der Waals surface area (Å²) in [7, 11) is 0. The zero-order chi connectivity index (χ0) is 11.7. The van der Waals surface area contributed by atoms with Crippen molar-refractivity contribution in [1.29, 1.82) is 0 Å². The summed E-state index contributed by atoms with van der Waals surface area (Å²) in [5.74, 6) is -0.750. The molecule has 0 atom stereocenters. The van der Waals surface area contributed by atoms with Gasteiger partial charge in [-0.25, -0.2) is 0 Å². The van der Waals surface area contributed by atoms with E-state index in [1.165, 1.54) is 27.7 Å². The number of ketones is 2. The van der Waals surface area contributed by atoms with E-state index in [9.17, 15) is 19.8 Å². The van der Waals surface area contributed by atoms with Crippen molar-refractivity contribution >= 4 is 11.6 Å². The molecule has 0 N–H and O–H groups in total. The maximum atomic E-state index is 9.98. The van der Waals surface area contributed by atoms with Crippen molar-refractivity contribution in [3.8, 4) is 0 Å². The summed E-state index contributed by atoms with van der Waals surface area (Å²) in [6.45, 7) is 5.39. The second kappa shape index (κ2) is 11.0. The average molecular weight is 257 g/mol. The van der Waals surface area contributed by atoms with E-state index in [4.69, 9.17) is 0 Å². The average Bonchev–Trinajstić information content (AvgIpc) is 1.79. The van der Waals surface area contributed by atoms with Gasteiger partial charge in [-0.2, -0.15) is 0 Å². The minimum atomic E-state index is -0.187. The normalized spacial score (nSPS) is 10.7. The van der Waals surface area contributed by atoms with Gasteiger partial charge in [-0.05, 0) is 26.0 Å². The standard InChI is InChI=1S/2C5H8O2.Ni/c2*1-4(6)3-5(2)7;/h2*3,6H,1-2H3;/q;;+2/p-2/b2*4-3+;. The molecule has 0 aromatic carbocycles. The van der Waals surface area contributed by atoms with Crippen LogP contribution in [0, 0.1) is 0 Å². The molecule has 0 aliphatic carbocycles. The summed E-state index contributed by atoms with van der Waals surface area (Å²) in [5, 5.41) is 20.0. The molecular weight excluding hydrogens is 243 g/mol. The Morgan fingerprint density at radius 1 is 0.800 bits per heavy atom. The maximum Gasteiger partial charge on any atom is 2.00 e. The van der Waals surface area contributed by atoms with Crippen LogP contribution in [0.3, 0.4) is 0 Å². The summed E-state index contributed by atoms with van der Waals surface area (Å²) in [6.07, 6.45) is 2.11. The van der Waals surface area contributed by atoms with Gasteiger partial charge in [0.1, 0.15) is 0 Å². The zero-order valence-electron chi connectivity index (χ0n) is 9.10. The van der Waals surface area contributed by atoms with Crippen LogP contribution in [0.4, 0.5) is 0 Å². The molecule has 0 aromatic heterocycles. The Labute approximate surface area is 99.6 Å². The molecule has 0 saturated carbocycles. The summed E-state index contributed by atoms with van der Waals surface area (Å²) in [4.78, 5) is 20.0. The molecule has 0 aromatic rings. The Balaban J connectivity index is -0.000000180. The van der Waals surface area contributed by atoms with E-state index in [1.807, 2.05) is 0 Å². The molecule has 0 unspecified atom stereocenters. The number of hydrogen-bond acceptors (Lipinski definition) is 4. The predicted molar refractivity (Wildman–Crippen MR) is 48.9 cm³/mol. The van der Waals surface area contributed by atoms with E-state index in [-0.39, 0.29) is 39.6 Å². The molecule has 0 aliphatic heterocycles. The smallest absolute Gasteiger partial charge is 0.876 e. The first-order valence-corrected chi connectivity index (χ1v) is 3.97. The molecule has 88 valence electrons. The van der Waals surface area contributed by atoms with E-state index in [0.717, 1.165) is 12.2 Å². The van der Waals surface area contributed by atoms with Gasteiger partial charge in [0.15, 0.2) is 11.6 Å². The first-order chi connectivity index (χ1) is 6.25. The van der Waals surface area contributed by atoms with Crippen molar-refractivity contribution in [3.63, 3.8) is 0 Å². The van der Waals surface area contributed by atoms with Gasteiger partial charge in [0, 0.05) is 0 Å². The van der Waals surface area contributed by atoms with Gasteiger partial charge in [-0.15, -0.1) is 11.5 Å². The molecule has 0 saturated heterocycles. The van der Waals surface area contributed by atoms with Crippen LogP contribution in [0.5, 0.6) is 0 Å². The van der Waals surface area contributed by atoms with E-state index < -0.39 is 0 Å². The van der Waals surface area contributed by atoms with E-state index in [2.05, 4.69) is 0 Å². The largest absolute Gasteiger partial charge is 2.00 e. The van der Waals surface area contributed by atoms with Gasteiger partial charge in [-0.1, -0.05) is 13.8 Å². The zero-order valence-corrected chi connectivity index (χ0v) is 10.1. The number of carbonyl (C=O) groups excluding carboxylic acids is 2. The van der Waals surface area contributed by atoms with Crippen molar-refractivity contribution in [1.82, 2.24) is 0 Å². The van der Waals surface area contributed by atoms with Crippen molar-refractivity contribution < 1.29 is 36.3 Å². The molecule has 0 fully saturated rings. The molecule has 5 heteroatoms. The van der Waals surface area contributed by atoms with Gasteiger partial charge in [0.2, 0.25) is 0 Å². The van der Waals surface area contributed by atoms with Crippen molar-refractivity contribution in [3.05, 3.63) is 23.7 Å². The Morgan fingerprint density at radius 3 is 1.00 bits per heavy atom. The van der Waals surface area contributed by atoms with Crippen LogP contribution < -0.4 is 10.2 Å². The number of carbonyl (C=O) groups is 2. The minimum Gasteiger partial charge on any atom is -0.876 e. The molecule has 0 aliphatic rings. The summed E-state index contributed by atoms with van der Waals surface area (Å²) < 4.78 is 0. The SMILES string of the molecule is CC(=O)/C=C(\C)[O-].CC(=O)/C=C(\C)[O-].[Ni+2]. The second-order valence-corrected chi connectivity index (χ2v) is 2.73. The van der Waals surface area contributed by atoms with Crippen LogP contribution in [-0.4, -0.2) is 11.6 Å². The first kappa shape index (κ1) is 19.5. The molecule has 0 amide bonds. The van der Waals surface area contributed by atoms with Crippen LogP contribution in [-0.2, 0) is 26.1 Å². The Morgan fingerprint density at radius 2 is 1.00 bits per heavy atom. The summed E-state index contributed by atoms with van der Waals surface area (Å²) in [5.41, 5.74) is 0. The fourth-order valence-corrected chi connectivity index (χ4v) is 0.572. The third-order valence-electron chi connectivity index (χ3n) is 0.813. The predicted octanol–water partition coefficient (Wildman–Crippen LogP) is -0.324. The molecule has 0 radical (unpaired) electrons. The van der Waals surface area contributed by atoms with E-state index in [1.54, 1.807) is 0 Å². The third-order valence-corrected chi connectivity index (χ3v) is 0.813. The first-order valence-electron chi connectivity index (χ1n) is 3.97.